The van der Waals surface area contributed by atoms with Gasteiger partial charge in [-0.1, -0.05) is 41.9 Å². The Balaban J connectivity index is 1.72. The van der Waals surface area contributed by atoms with Gasteiger partial charge in [0.25, 0.3) is 0 Å². The van der Waals surface area contributed by atoms with E-state index in [-0.39, 0.29) is 18.0 Å². The summed E-state index contributed by atoms with van der Waals surface area (Å²) in [6, 6.07) is 1.29. The molecule has 0 radical (unpaired) electrons. The number of ether oxygens (including phenoxy) is 3. The lowest BCUT2D eigenvalue weighted by Gasteiger charge is -2.19. The zero-order chi connectivity index (χ0) is 22.4. The Labute approximate surface area is 190 Å². The largest absolute Gasteiger partial charge is 0.495 e. The summed E-state index contributed by atoms with van der Waals surface area (Å²) in [5, 5.41) is 6.74. The first-order valence-electron chi connectivity index (χ1n) is 9.34. The zero-order valence-electron chi connectivity index (χ0n) is 17.0. The van der Waals surface area contributed by atoms with Gasteiger partial charge >= 0.3 is 0 Å². The molecule has 0 unspecified atom stereocenters. The second kappa shape index (κ2) is 10.5. The second-order valence-electron chi connectivity index (χ2n) is 6.60. The third-order valence-corrected chi connectivity index (χ3v) is 5.41. The van der Waals surface area contributed by atoms with Crippen LogP contribution in [0.2, 0.25) is 10.0 Å². The predicted molar refractivity (Wildman–Crippen MR) is 121 cm³/mol. The highest BCUT2D eigenvalue weighted by atomic mass is 35.5. The van der Waals surface area contributed by atoms with Crippen LogP contribution < -0.4 is 20.1 Å². The van der Waals surface area contributed by atoms with E-state index in [4.69, 9.17) is 37.4 Å². The number of hydrogen-bond donors (Lipinski definition) is 2. The van der Waals surface area contributed by atoms with Crippen molar-refractivity contribution < 1.29 is 19.0 Å². The number of aromatic nitrogens is 2. The first kappa shape index (κ1) is 22.9. The molecule has 2 aromatic rings. The number of amides is 1. The van der Waals surface area contributed by atoms with Crippen molar-refractivity contribution in [1.29, 1.82) is 0 Å². The molecule has 3 rings (SSSR count). The smallest absolute Gasteiger partial charge is 0.243 e. The quantitative estimate of drug-likeness (QED) is 0.577. The average Bonchev–Trinajstić information content (AvgIpc) is 3.21. The van der Waals surface area contributed by atoms with Crippen LogP contribution in [0.4, 0.5) is 5.95 Å². The van der Waals surface area contributed by atoms with E-state index in [1.54, 1.807) is 30.6 Å². The minimum Gasteiger partial charge on any atom is -0.495 e. The highest BCUT2D eigenvalue weighted by Gasteiger charge is 2.29. The number of benzene rings is 1. The molecule has 0 bridgehead atoms. The molecule has 1 fully saturated rings. The van der Waals surface area contributed by atoms with Gasteiger partial charge in [0.05, 0.1) is 49.6 Å². The summed E-state index contributed by atoms with van der Waals surface area (Å²) in [5.41, 5.74) is 1.30. The molecule has 31 heavy (non-hydrogen) atoms. The van der Waals surface area contributed by atoms with Crippen molar-refractivity contribution in [2.75, 3.05) is 32.8 Å². The van der Waals surface area contributed by atoms with Crippen LogP contribution in [0.3, 0.4) is 0 Å². The van der Waals surface area contributed by atoms with E-state index in [9.17, 15) is 4.79 Å². The van der Waals surface area contributed by atoms with Gasteiger partial charge in [-0.15, -0.1) is 0 Å². The van der Waals surface area contributed by atoms with E-state index in [0.717, 1.165) is 5.56 Å². The molecule has 10 heteroatoms. The Morgan fingerprint density at radius 1 is 1.13 bits per heavy atom. The lowest BCUT2D eigenvalue weighted by Crippen LogP contribution is -2.45. The van der Waals surface area contributed by atoms with Crippen LogP contribution in [0.1, 0.15) is 11.1 Å². The topological polar surface area (TPSA) is 94.6 Å². The van der Waals surface area contributed by atoms with Crippen molar-refractivity contribution >= 4 is 47.2 Å². The van der Waals surface area contributed by atoms with Crippen molar-refractivity contribution in [3.8, 4) is 11.5 Å². The number of methoxy groups -OCH3 is 2. The lowest BCUT2D eigenvalue weighted by atomic mass is 10.1. The molecule has 1 aliphatic heterocycles. The van der Waals surface area contributed by atoms with Crippen molar-refractivity contribution in [1.82, 2.24) is 15.3 Å². The van der Waals surface area contributed by atoms with Crippen molar-refractivity contribution in [2.24, 2.45) is 0 Å². The van der Waals surface area contributed by atoms with Gasteiger partial charge in [-0.05, 0) is 6.08 Å². The lowest BCUT2D eigenvalue weighted by molar-refractivity contribution is -0.117. The Bertz CT molecular complexity index is 954. The van der Waals surface area contributed by atoms with Crippen LogP contribution in [0.25, 0.3) is 12.2 Å². The maximum absolute atomic E-state index is 11.5. The maximum atomic E-state index is 11.5. The number of halogens is 2. The molecule has 2 heterocycles. The fourth-order valence-corrected chi connectivity index (χ4v) is 3.60. The summed E-state index contributed by atoms with van der Waals surface area (Å²) in [6.45, 7) is 4.29. The Morgan fingerprint density at radius 2 is 1.74 bits per heavy atom. The Morgan fingerprint density at radius 3 is 2.32 bits per heavy atom. The number of carbonyl (C=O) groups excluding carboxylic acids is 1. The highest BCUT2D eigenvalue weighted by Crippen LogP contribution is 2.41. The van der Waals surface area contributed by atoms with Crippen LogP contribution in [-0.4, -0.2) is 55.4 Å². The zero-order valence-corrected chi connectivity index (χ0v) is 18.5. The summed E-state index contributed by atoms with van der Waals surface area (Å²) in [6.07, 6.45) is 8.05. The second-order valence-corrected chi connectivity index (χ2v) is 7.36. The van der Waals surface area contributed by atoms with Gasteiger partial charge in [0.2, 0.25) is 11.9 Å². The summed E-state index contributed by atoms with van der Waals surface area (Å²) < 4.78 is 16.0. The molecule has 164 valence electrons. The fraction of sp³-hybridized carbons (Fsp3) is 0.286. The molecule has 0 aliphatic carbocycles. The summed E-state index contributed by atoms with van der Waals surface area (Å²) in [4.78, 5) is 20.2. The third-order valence-electron chi connectivity index (χ3n) is 4.63. The molecule has 1 aromatic carbocycles. The van der Waals surface area contributed by atoms with Gasteiger partial charge in [0.1, 0.15) is 11.5 Å². The number of anilines is 1. The molecule has 0 saturated carbocycles. The molecule has 2 atom stereocenters. The van der Waals surface area contributed by atoms with Crippen molar-refractivity contribution in [2.45, 2.75) is 12.1 Å². The molecule has 1 aliphatic rings. The van der Waals surface area contributed by atoms with Crippen LogP contribution in [0, 0.1) is 0 Å². The van der Waals surface area contributed by atoms with Crippen molar-refractivity contribution in [3.05, 3.63) is 52.3 Å². The summed E-state index contributed by atoms with van der Waals surface area (Å²) in [5.74, 6) is 1.07. The van der Waals surface area contributed by atoms with E-state index in [1.165, 1.54) is 20.3 Å². The number of nitrogens with zero attached hydrogens (tertiary/aromatic N) is 2. The Hall–Kier alpha value is -2.81. The van der Waals surface area contributed by atoms with E-state index in [0.29, 0.717) is 46.3 Å². The fourth-order valence-electron chi connectivity index (χ4n) is 2.98. The minimum absolute atomic E-state index is 0.146. The predicted octanol–water partition coefficient (Wildman–Crippen LogP) is 3.45. The minimum atomic E-state index is -0.254. The molecule has 1 saturated heterocycles. The van der Waals surface area contributed by atoms with Crippen molar-refractivity contribution in [3.63, 3.8) is 0 Å². The molecule has 1 amide bonds. The molecule has 0 spiro atoms. The first-order valence-corrected chi connectivity index (χ1v) is 10.1. The van der Waals surface area contributed by atoms with Gasteiger partial charge < -0.3 is 24.8 Å². The molecule has 8 nitrogen and oxygen atoms in total. The SMILES string of the molecule is C=CC(=O)N[C@H]1COC[C@H]1Nc1ncc(/C=C/c2c(Cl)c(OC)cc(OC)c2Cl)cn1. The molecule has 2 N–H and O–H groups in total. The molecule has 1 aromatic heterocycles. The van der Waals surface area contributed by atoms with E-state index >= 15 is 0 Å². The van der Waals surface area contributed by atoms with Gasteiger partial charge in [0, 0.05) is 29.6 Å². The van der Waals surface area contributed by atoms with Crippen LogP contribution >= 0.6 is 23.2 Å². The van der Waals surface area contributed by atoms with Crippen LogP contribution in [0.5, 0.6) is 11.5 Å². The van der Waals surface area contributed by atoms with Crippen LogP contribution in [-0.2, 0) is 9.53 Å². The average molecular weight is 465 g/mol. The summed E-state index contributed by atoms with van der Waals surface area (Å²) >= 11 is 12.8. The number of hydrogen-bond acceptors (Lipinski definition) is 7. The number of nitrogens with one attached hydrogen (secondary N) is 2. The Kier molecular flexibility index (Phi) is 7.73. The maximum Gasteiger partial charge on any atom is 0.243 e. The first-order chi connectivity index (χ1) is 15.0. The highest BCUT2D eigenvalue weighted by molar-refractivity contribution is 6.39. The number of carbonyl (C=O) groups is 1. The van der Waals surface area contributed by atoms with E-state index in [1.807, 2.05) is 0 Å². The number of rotatable bonds is 8. The molecular formula is C21H22Cl2N4O4. The normalized spacial score (nSPS) is 18.1. The van der Waals surface area contributed by atoms with Gasteiger partial charge in [-0.3, -0.25) is 4.79 Å². The standard InChI is InChI=1S/C21H22Cl2N4O4/c1-4-18(28)26-14-10-31-11-15(14)27-21-24-8-12(9-25-21)5-6-13-19(22)16(29-2)7-17(30-3)20(13)23/h4-9,14-15H,1,10-11H2,2-3H3,(H,26,28)(H,24,25,27)/b6-5+/t14-,15+/m0/s1. The van der Waals surface area contributed by atoms with E-state index in [2.05, 4.69) is 27.2 Å². The van der Waals surface area contributed by atoms with Gasteiger partial charge in [-0.25, -0.2) is 9.97 Å². The molecular weight excluding hydrogens is 443 g/mol. The monoisotopic (exact) mass is 464 g/mol. The summed E-state index contributed by atoms with van der Waals surface area (Å²) in [7, 11) is 3.04. The van der Waals surface area contributed by atoms with Gasteiger partial charge in [-0.2, -0.15) is 0 Å². The van der Waals surface area contributed by atoms with E-state index < -0.39 is 0 Å². The van der Waals surface area contributed by atoms with Crippen LogP contribution in [0.15, 0.2) is 31.1 Å². The van der Waals surface area contributed by atoms with Gasteiger partial charge in [0.15, 0.2) is 0 Å². The third kappa shape index (κ3) is 5.46.